The molecule has 6 heteroatoms. The zero-order valence-electron chi connectivity index (χ0n) is 15.3. The van der Waals surface area contributed by atoms with Crippen LogP contribution in [0.4, 0.5) is 0 Å². The molecule has 2 rings (SSSR count). The number of aliphatic carboxylic acids is 1. The molecule has 1 aliphatic heterocycles. The number of carboxylic acids is 1. The molecule has 1 fully saturated rings. The van der Waals surface area contributed by atoms with Crippen LogP contribution >= 0.6 is 0 Å². The van der Waals surface area contributed by atoms with Crippen LogP contribution in [0.3, 0.4) is 0 Å². The van der Waals surface area contributed by atoms with E-state index in [1.54, 1.807) is 11.8 Å². The van der Waals surface area contributed by atoms with E-state index in [0.29, 0.717) is 32.6 Å². The van der Waals surface area contributed by atoms with Gasteiger partial charge in [0.05, 0.1) is 0 Å². The van der Waals surface area contributed by atoms with Crippen LogP contribution in [0.1, 0.15) is 32.8 Å². The van der Waals surface area contributed by atoms with Crippen LogP contribution in [0.25, 0.3) is 0 Å². The summed E-state index contributed by atoms with van der Waals surface area (Å²) in [6, 6.07) is 7.29. The molecule has 1 N–H and O–H groups in total. The maximum atomic E-state index is 12.6. The number of piperazine rings is 1. The van der Waals surface area contributed by atoms with Gasteiger partial charge < -0.3 is 14.7 Å². The van der Waals surface area contributed by atoms with E-state index in [1.165, 1.54) is 0 Å². The summed E-state index contributed by atoms with van der Waals surface area (Å²) in [7, 11) is 0. The van der Waals surface area contributed by atoms with Crippen molar-refractivity contribution >= 4 is 11.9 Å². The van der Waals surface area contributed by atoms with Gasteiger partial charge in [0.1, 0.15) is 11.8 Å². The Bertz CT molecular complexity index is 597. The lowest BCUT2D eigenvalue weighted by atomic mass is 10.1. The maximum Gasteiger partial charge on any atom is 0.320 e. The second kappa shape index (κ2) is 8.85. The molecule has 2 atom stereocenters. The highest BCUT2D eigenvalue weighted by atomic mass is 16.5. The average Bonchev–Trinajstić information content (AvgIpc) is 2.62. The van der Waals surface area contributed by atoms with E-state index in [1.807, 2.05) is 36.1 Å². The molecular weight excluding hydrogens is 320 g/mol. The SMILES string of the molecule is CCc1ccccc1OC(C)C(=O)N1CCN(C(CC)C(=O)O)CC1. The Labute approximate surface area is 149 Å². The zero-order chi connectivity index (χ0) is 18.4. The predicted molar refractivity (Wildman–Crippen MR) is 95.8 cm³/mol. The molecule has 0 spiro atoms. The Balaban J connectivity index is 1.92. The second-order valence-electron chi connectivity index (χ2n) is 6.34. The first-order chi connectivity index (χ1) is 12.0. The highest BCUT2D eigenvalue weighted by Gasteiger charge is 2.31. The molecule has 0 radical (unpaired) electrons. The molecule has 0 aromatic heterocycles. The normalized spacial score (nSPS) is 17.8. The van der Waals surface area contributed by atoms with Crippen LogP contribution in [0.15, 0.2) is 24.3 Å². The van der Waals surface area contributed by atoms with Crippen LogP contribution in [-0.4, -0.2) is 65.1 Å². The van der Waals surface area contributed by atoms with E-state index in [4.69, 9.17) is 4.74 Å². The van der Waals surface area contributed by atoms with Gasteiger partial charge in [0, 0.05) is 26.2 Å². The molecule has 0 bridgehead atoms. The molecular formula is C19H28N2O4. The summed E-state index contributed by atoms with van der Waals surface area (Å²) in [4.78, 5) is 27.6. The van der Waals surface area contributed by atoms with Crippen LogP contribution < -0.4 is 4.74 Å². The standard InChI is InChI=1S/C19H28N2O4/c1-4-15-8-6-7-9-17(15)25-14(3)18(22)21-12-10-20(11-13-21)16(5-2)19(23)24/h6-9,14,16H,4-5,10-13H2,1-3H3,(H,23,24). The van der Waals surface area contributed by atoms with Gasteiger partial charge in [-0.15, -0.1) is 0 Å². The van der Waals surface area contributed by atoms with Gasteiger partial charge in [-0.25, -0.2) is 0 Å². The highest BCUT2D eigenvalue weighted by Crippen LogP contribution is 2.20. The first-order valence-electron chi connectivity index (χ1n) is 8.98. The van der Waals surface area contributed by atoms with Gasteiger partial charge >= 0.3 is 5.97 Å². The highest BCUT2D eigenvalue weighted by molar-refractivity contribution is 5.81. The van der Waals surface area contributed by atoms with Gasteiger partial charge in [-0.05, 0) is 31.4 Å². The Morgan fingerprint density at radius 2 is 1.80 bits per heavy atom. The topological polar surface area (TPSA) is 70.1 Å². The monoisotopic (exact) mass is 348 g/mol. The van der Waals surface area contributed by atoms with Gasteiger partial charge in [-0.2, -0.15) is 0 Å². The van der Waals surface area contributed by atoms with Crippen molar-refractivity contribution in [3.8, 4) is 5.75 Å². The minimum atomic E-state index is -0.796. The van der Waals surface area contributed by atoms with Crippen molar-refractivity contribution in [3.05, 3.63) is 29.8 Å². The summed E-state index contributed by atoms with van der Waals surface area (Å²) in [5.74, 6) is -0.0921. The Hall–Kier alpha value is -2.08. The van der Waals surface area contributed by atoms with Crippen molar-refractivity contribution in [1.29, 1.82) is 0 Å². The molecule has 1 aliphatic rings. The van der Waals surface area contributed by atoms with E-state index in [0.717, 1.165) is 17.7 Å². The molecule has 1 amide bonds. The second-order valence-corrected chi connectivity index (χ2v) is 6.34. The Kier molecular flexibility index (Phi) is 6.82. The van der Waals surface area contributed by atoms with Crippen LogP contribution in [-0.2, 0) is 16.0 Å². The van der Waals surface area contributed by atoms with E-state index >= 15 is 0 Å². The number of hydrogen-bond donors (Lipinski definition) is 1. The average molecular weight is 348 g/mol. The molecule has 6 nitrogen and oxygen atoms in total. The first-order valence-corrected chi connectivity index (χ1v) is 8.98. The van der Waals surface area contributed by atoms with Crippen LogP contribution in [0, 0.1) is 0 Å². The summed E-state index contributed by atoms with van der Waals surface area (Å²) in [5.41, 5.74) is 1.08. The number of benzene rings is 1. The van der Waals surface area contributed by atoms with Crippen LogP contribution in [0.2, 0.25) is 0 Å². The third kappa shape index (κ3) is 4.72. The van der Waals surface area contributed by atoms with Crippen molar-refractivity contribution in [3.63, 3.8) is 0 Å². The lowest BCUT2D eigenvalue weighted by molar-refractivity contribution is -0.146. The molecule has 2 unspecified atom stereocenters. The van der Waals surface area contributed by atoms with Crippen molar-refractivity contribution in [2.24, 2.45) is 0 Å². The van der Waals surface area contributed by atoms with E-state index in [2.05, 4.69) is 6.92 Å². The van der Waals surface area contributed by atoms with Crippen molar-refractivity contribution in [2.75, 3.05) is 26.2 Å². The van der Waals surface area contributed by atoms with Crippen molar-refractivity contribution in [2.45, 2.75) is 45.8 Å². The molecule has 1 aromatic carbocycles. The number of amides is 1. The lowest BCUT2D eigenvalue weighted by Crippen LogP contribution is -2.55. The summed E-state index contributed by atoms with van der Waals surface area (Å²) >= 11 is 0. The van der Waals surface area contributed by atoms with E-state index in [9.17, 15) is 14.7 Å². The smallest absolute Gasteiger partial charge is 0.320 e. The van der Waals surface area contributed by atoms with Crippen molar-refractivity contribution in [1.82, 2.24) is 9.80 Å². The molecule has 1 saturated heterocycles. The van der Waals surface area contributed by atoms with Gasteiger partial charge in [-0.3, -0.25) is 14.5 Å². The van der Waals surface area contributed by atoms with Crippen molar-refractivity contribution < 1.29 is 19.4 Å². The summed E-state index contributed by atoms with van der Waals surface area (Å²) in [5, 5.41) is 9.26. The fourth-order valence-electron chi connectivity index (χ4n) is 3.25. The number of carbonyl (C=O) groups is 2. The number of hydrogen-bond acceptors (Lipinski definition) is 4. The first kappa shape index (κ1) is 19.2. The number of nitrogens with zero attached hydrogens (tertiary/aromatic N) is 2. The number of carboxylic acid groups (broad SMARTS) is 1. The third-order valence-electron chi connectivity index (χ3n) is 4.74. The zero-order valence-corrected chi connectivity index (χ0v) is 15.3. The Morgan fingerprint density at radius 1 is 1.16 bits per heavy atom. The molecule has 138 valence electrons. The van der Waals surface area contributed by atoms with Gasteiger partial charge in [-0.1, -0.05) is 32.0 Å². The fraction of sp³-hybridized carbons (Fsp3) is 0.579. The molecule has 0 aliphatic carbocycles. The number of para-hydroxylation sites is 1. The number of ether oxygens (including phenoxy) is 1. The van der Waals surface area contributed by atoms with Crippen LogP contribution in [0.5, 0.6) is 5.75 Å². The molecule has 1 aromatic rings. The number of rotatable bonds is 7. The predicted octanol–water partition coefficient (Wildman–Crippen LogP) is 2.02. The largest absolute Gasteiger partial charge is 0.481 e. The van der Waals surface area contributed by atoms with Gasteiger partial charge in [0.15, 0.2) is 6.10 Å². The third-order valence-corrected chi connectivity index (χ3v) is 4.74. The lowest BCUT2D eigenvalue weighted by Gasteiger charge is -2.38. The minimum Gasteiger partial charge on any atom is -0.481 e. The van der Waals surface area contributed by atoms with Gasteiger partial charge in [0.2, 0.25) is 0 Å². The molecule has 0 saturated carbocycles. The summed E-state index contributed by atoms with van der Waals surface area (Å²) in [6.07, 6.45) is 0.862. The van der Waals surface area contributed by atoms with E-state index in [-0.39, 0.29) is 5.91 Å². The molecule has 1 heterocycles. The maximum absolute atomic E-state index is 12.6. The quantitative estimate of drug-likeness (QED) is 0.816. The fourth-order valence-corrected chi connectivity index (χ4v) is 3.25. The minimum absolute atomic E-state index is 0.0473. The number of carbonyl (C=O) groups excluding carboxylic acids is 1. The Morgan fingerprint density at radius 3 is 2.36 bits per heavy atom. The summed E-state index contributed by atoms with van der Waals surface area (Å²) in [6.45, 7) is 7.92. The molecule has 25 heavy (non-hydrogen) atoms. The number of aryl methyl sites for hydroxylation is 1. The van der Waals surface area contributed by atoms with E-state index < -0.39 is 18.1 Å². The van der Waals surface area contributed by atoms with Gasteiger partial charge in [0.25, 0.3) is 5.91 Å². The summed E-state index contributed by atoms with van der Waals surface area (Å²) < 4.78 is 5.89.